The summed E-state index contributed by atoms with van der Waals surface area (Å²) < 4.78 is 5.40. The number of ether oxygens (including phenoxy) is 1. The van der Waals surface area contributed by atoms with Crippen LogP contribution in [0.15, 0.2) is 24.3 Å². The van der Waals surface area contributed by atoms with Gasteiger partial charge in [0.1, 0.15) is 11.8 Å². The van der Waals surface area contributed by atoms with Crippen molar-refractivity contribution in [2.24, 2.45) is 11.5 Å². The molecule has 1 unspecified atom stereocenters. The van der Waals surface area contributed by atoms with Crippen molar-refractivity contribution >= 4 is 17.9 Å². The van der Waals surface area contributed by atoms with E-state index < -0.39 is 18.0 Å². The smallest absolute Gasteiger partial charge is 0.334 e. The maximum atomic E-state index is 12.5. The highest BCUT2D eigenvalue weighted by molar-refractivity contribution is 5.85. The van der Waals surface area contributed by atoms with Crippen molar-refractivity contribution in [2.75, 3.05) is 13.1 Å². The fraction of sp³-hybridized carbons (Fsp3) is 0.500. The van der Waals surface area contributed by atoms with Crippen molar-refractivity contribution in [3.8, 4) is 5.75 Å². The predicted octanol–water partition coefficient (Wildman–Crippen LogP) is 0.486. The Kier molecular flexibility index (Phi) is 5.86. The van der Waals surface area contributed by atoms with Crippen molar-refractivity contribution in [2.45, 2.75) is 44.7 Å². The van der Waals surface area contributed by atoms with E-state index in [1.54, 1.807) is 12.1 Å². The number of benzene rings is 1. The second-order valence-corrected chi connectivity index (χ2v) is 7.41. The normalized spacial score (nSPS) is 19.9. The van der Waals surface area contributed by atoms with Gasteiger partial charge < -0.3 is 26.4 Å². The summed E-state index contributed by atoms with van der Waals surface area (Å²) >= 11 is 0. The van der Waals surface area contributed by atoms with Crippen LogP contribution < -0.4 is 21.5 Å². The van der Waals surface area contributed by atoms with Crippen LogP contribution in [-0.4, -0.2) is 48.0 Å². The Morgan fingerprint density at radius 2 is 1.85 bits per heavy atom. The van der Waals surface area contributed by atoms with Gasteiger partial charge in [-0.1, -0.05) is 32.9 Å². The lowest BCUT2D eigenvalue weighted by atomic mass is 9.87. The predicted molar refractivity (Wildman–Crippen MR) is 96.5 cm³/mol. The number of rotatable bonds is 4. The number of nitrogens with zero attached hydrogens (tertiary/aromatic N) is 1. The highest BCUT2D eigenvalue weighted by Gasteiger charge is 2.40. The van der Waals surface area contributed by atoms with Crippen LogP contribution >= 0.6 is 0 Å². The Balaban J connectivity index is 2.06. The van der Waals surface area contributed by atoms with E-state index in [0.29, 0.717) is 5.75 Å². The van der Waals surface area contributed by atoms with Gasteiger partial charge in [0.25, 0.3) is 0 Å². The van der Waals surface area contributed by atoms with E-state index in [9.17, 15) is 14.4 Å². The minimum atomic E-state index is -0.849. The van der Waals surface area contributed by atoms with Crippen molar-refractivity contribution in [1.82, 2.24) is 10.2 Å². The first-order valence-corrected chi connectivity index (χ1v) is 8.49. The molecule has 5 N–H and O–H groups in total. The van der Waals surface area contributed by atoms with Gasteiger partial charge in [-0.05, 0) is 23.1 Å². The Labute approximate surface area is 152 Å². The van der Waals surface area contributed by atoms with E-state index in [2.05, 4.69) is 26.1 Å². The molecule has 1 aliphatic heterocycles. The molecule has 0 saturated carbocycles. The first-order valence-electron chi connectivity index (χ1n) is 8.49. The van der Waals surface area contributed by atoms with E-state index in [-0.39, 0.29) is 36.9 Å². The van der Waals surface area contributed by atoms with E-state index in [4.69, 9.17) is 16.2 Å². The molecule has 1 aromatic rings. The number of hydrogen-bond acceptors (Lipinski definition) is 5. The molecule has 0 aliphatic carbocycles. The maximum absolute atomic E-state index is 12.5. The molecule has 1 heterocycles. The third-order valence-corrected chi connectivity index (χ3v) is 4.35. The molecule has 1 aromatic carbocycles. The first-order chi connectivity index (χ1) is 12.1. The molecule has 2 atom stereocenters. The lowest BCUT2D eigenvalue weighted by Crippen LogP contribution is -2.45. The second-order valence-electron chi connectivity index (χ2n) is 7.41. The monoisotopic (exact) mass is 362 g/mol. The largest absolute Gasteiger partial charge is 0.425 e. The number of carbonyl (C=O) groups is 3. The molecule has 1 aliphatic rings. The Bertz CT molecular complexity index is 681. The summed E-state index contributed by atoms with van der Waals surface area (Å²) in [4.78, 5) is 36.8. The second kappa shape index (κ2) is 7.74. The van der Waals surface area contributed by atoms with Crippen LogP contribution in [0, 0.1) is 0 Å². The third kappa shape index (κ3) is 4.72. The molecular weight excluding hydrogens is 336 g/mol. The number of primary amides is 1. The van der Waals surface area contributed by atoms with Crippen molar-refractivity contribution in [1.29, 1.82) is 0 Å². The van der Waals surface area contributed by atoms with Gasteiger partial charge in [0.15, 0.2) is 0 Å². The molecule has 0 spiro atoms. The molecule has 0 aromatic heterocycles. The quantitative estimate of drug-likeness (QED) is 0.530. The SMILES string of the molecule is CC(C)(C)c1ccc(OC(=O)[C@@H]2CC(NC(=O)CN)CN2C(N)=O)cc1. The van der Waals surface area contributed by atoms with Crippen LogP contribution in [-0.2, 0) is 15.0 Å². The van der Waals surface area contributed by atoms with Gasteiger partial charge in [-0.3, -0.25) is 4.79 Å². The van der Waals surface area contributed by atoms with Crippen LogP contribution in [0.3, 0.4) is 0 Å². The van der Waals surface area contributed by atoms with Gasteiger partial charge in [-0.2, -0.15) is 0 Å². The van der Waals surface area contributed by atoms with Crippen molar-refractivity contribution < 1.29 is 19.1 Å². The van der Waals surface area contributed by atoms with Crippen LogP contribution in [0.2, 0.25) is 0 Å². The molecule has 1 fully saturated rings. The summed E-state index contributed by atoms with van der Waals surface area (Å²) in [6, 6.07) is 5.25. The minimum absolute atomic E-state index is 0.00875. The minimum Gasteiger partial charge on any atom is -0.425 e. The van der Waals surface area contributed by atoms with Gasteiger partial charge in [0, 0.05) is 19.0 Å². The lowest BCUT2D eigenvalue weighted by Gasteiger charge is -2.21. The number of nitrogens with one attached hydrogen (secondary N) is 1. The van der Waals surface area contributed by atoms with Gasteiger partial charge >= 0.3 is 12.0 Å². The molecule has 8 heteroatoms. The summed E-state index contributed by atoms with van der Waals surface area (Å²) in [7, 11) is 0. The number of nitrogens with two attached hydrogens (primary N) is 2. The summed E-state index contributed by atoms with van der Waals surface area (Å²) in [5.74, 6) is -0.551. The van der Waals surface area contributed by atoms with E-state index in [0.717, 1.165) is 5.56 Å². The van der Waals surface area contributed by atoms with Crippen LogP contribution in [0.1, 0.15) is 32.8 Å². The number of urea groups is 1. The van der Waals surface area contributed by atoms with Gasteiger partial charge in [-0.15, -0.1) is 0 Å². The standard InChI is InChI=1S/C18H26N4O4/c1-18(2,3)11-4-6-13(7-5-11)26-16(24)14-8-12(21-15(23)9-19)10-22(14)17(20)25/h4-7,12,14H,8-10,19H2,1-3H3,(H2,20,25)(H,21,23)/t12?,14-/m0/s1. The highest BCUT2D eigenvalue weighted by atomic mass is 16.5. The van der Waals surface area contributed by atoms with Gasteiger partial charge in [-0.25, -0.2) is 9.59 Å². The zero-order valence-corrected chi connectivity index (χ0v) is 15.3. The number of likely N-dealkylation sites (tertiary alicyclic amines) is 1. The van der Waals surface area contributed by atoms with Gasteiger partial charge in [0.05, 0.1) is 6.54 Å². The zero-order valence-electron chi connectivity index (χ0n) is 15.3. The topological polar surface area (TPSA) is 128 Å². The fourth-order valence-corrected chi connectivity index (χ4v) is 2.90. The molecule has 0 radical (unpaired) electrons. The summed E-state index contributed by atoms with van der Waals surface area (Å²) in [6.45, 7) is 6.25. The summed E-state index contributed by atoms with van der Waals surface area (Å²) in [6.07, 6.45) is 0.230. The fourth-order valence-electron chi connectivity index (χ4n) is 2.90. The van der Waals surface area contributed by atoms with Crippen LogP contribution in [0.4, 0.5) is 4.79 Å². The van der Waals surface area contributed by atoms with E-state index in [1.807, 2.05) is 12.1 Å². The summed E-state index contributed by atoms with van der Waals surface area (Å²) in [5.41, 5.74) is 11.7. The number of amides is 3. The zero-order chi connectivity index (χ0) is 19.5. The Morgan fingerprint density at radius 3 is 2.35 bits per heavy atom. The number of esters is 1. The third-order valence-electron chi connectivity index (χ3n) is 4.35. The van der Waals surface area contributed by atoms with E-state index >= 15 is 0 Å². The molecule has 8 nitrogen and oxygen atoms in total. The number of carbonyl (C=O) groups excluding carboxylic acids is 3. The van der Waals surface area contributed by atoms with Crippen molar-refractivity contribution in [3.05, 3.63) is 29.8 Å². The average molecular weight is 362 g/mol. The molecule has 3 amide bonds. The lowest BCUT2D eigenvalue weighted by molar-refractivity contribution is -0.138. The molecule has 142 valence electrons. The van der Waals surface area contributed by atoms with E-state index in [1.165, 1.54) is 4.90 Å². The maximum Gasteiger partial charge on any atom is 0.334 e. The van der Waals surface area contributed by atoms with Crippen LogP contribution in [0.5, 0.6) is 5.75 Å². The average Bonchev–Trinajstić information content (AvgIpc) is 2.98. The van der Waals surface area contributed by atoms with Crippen LogP contribution in [0.25, 0.3) is 0 Å². The number of hydrogen-bond donors (Lipinski definition) is 3. The Hall–Kier alpha value is -2.61. The molecule has 2 rings (SSSR count). The highest BCUT2D eigenvalue weighted by Crippen LogP contribution is 2.25. The van der Waals surface area contributed by atoms with Crippen molar-refractivity contribution in [3.63, 3.8) is 0 Å². The molecule has 1 saturated heterocycles. The van der Waals surface area contributed by atoms with Gasteiger partial charge in [0.2, 0.25) is 5.91 Å². The molecule has 0 bridgehead atoms. The Morgan fingerprint density at radius 1 is 1.23 bits per heavy atom. The molecule has 26 heavy (non-hydrogen) atoms. The molecular formula is C18H26N4O4. The first kappa shape index (κ1) is 19.7. The summed E-state index contributed by atoms with van der Waals surface area (Å²) in [5, 5.41) is 2.67.